The molecule has 0 fully saturated rings. The Bertz CT molecular complexity index is 688. The van der Waals surface area contributed by atoms with Crippen LogP contribution in [0, 0.1) is 5.82 Å². The largest absolute Gasteiger partial charge is 0.478 e. The van der Waals surface area contributed by atoms with Gasteiger partial charge < -0.3 is 15.6 Å². The van der Waals surface area contributed by atoms with E-state index in [9.17, 15) is 14.0 Å². The molecule has 0 bridgehead atoms. The normalized spacial score (nSPS) is 10.1. The van der Waals surface area contributed by atoms with E-state index in [4.69, 9.17) is 15.6 Å². The van der Waals surface area contributed by atoms with Crippen molar-refractivity contribution in [1.29, 1.82) is 0 Å². The van der Waals surface area contributed by atoms with E-state index in [2.05, 4.69) is 4.98 Å². The van der Waals surface area contributed by atoms with Crippen LogP contribution in [0.25, 0.3) is 0 Å². The van der Waals surface area contributed by atoms with E-state index in [1.165, 1.54) is 24.4 Å². The van der Waals surface area contributed by atoms with Gasteiger partial charge in [0.15, 0.2) is 0 Å². The molecule has 0 aliphatic rings. The summed E-state index contributed by atoms with van der Waals surface area (Å²) < 4.78 is 18.3. The SMILES string of the molecule is NC(=O)c1cc(Oc2ccc(F)cc2C(=O)O)ccn1. The van der Waals surface area contributed by atoms with Crippen LogP contribution in [-0.4, -0.2) is 22.0 Å². The van der Waals surface area contributed by atoms with Crippen molar-refractivity contribution in [2.75, 3.05) is 0 Å². The summed E-state index contributed by atoms with van der Waals surface area (Å²) in [6.07, 6.45) is 1.29. The first kappa shape index (κ1) is 13.5. The first-order valence-corrected chi connectivity index (χ1v) is 5.44. The molecule has 2 aromatic rings. The number of hydrogen-bond acceptors (Lipinski definition) is 4. The molecule has 1 heterocycles. The lowest BCUT2D eigenvalue weighted by Crippen LogP contribution is -2.12. The molecule has 0 spiro atoms. The summed E-state index contributed by atoms with van der Waals surface area (Å²) in [5.41, 5.74) is 4.72. The molecule has 0 radical (unpaired) electrons. The smallest absolute Gasteiger partial charge is 0.339 e. The fourth-order valence-corrected chi connectivity index (χ4v) is 1.49. The van der Waals surface area contributed by atoms with Gasteiger partial charge in [0.05, 0.1) is 0 Å². The van der Waals surface area contributed by atoms with E-state index >= 15 is 0 Å². The Morgan fingerprint density at radius 3 is 2.65 bits per heavy atom. The topological polar surface area (TPSA) is 103 Å². The molecule has 3 N–H and O–H groups in total. The number of pyridine rings is 1. The van der Waals surface area contributed by atoms with Gasteiger partial charge >= 0.3 is 5.97 Å². The van der Waals surface area contributed by atoms with Gasteiger partial charge in [0.2, 0.25) is 0 Å². The van der Waals surface area contributed by atoms with Crippen LogP contribution in [0.5, 0.6) is 11.5 Å². The van der Waals surface area contributed by atoms with Crippen molar-refractivity contribution in [2.45, 2.75) is 0 Å². The van der Waals surface area contributed by atoms with Crippen LogP contribution < -0.4 is 10.5 Å². The molecule has 0 unspecified atom stereocenters. The summed E-state index contributed by atoms with van der Waals surface area (Å²) in [6, 6.07) is 5.77. The Morgan fingerprint density at radius 2 is 2.00 bits per heavy atom. The summed E-state index contributed by atoms with van der Waals surface area (Å²) in [5, 5.41) is 8.98. The maximum absolute atomic E-state index is 13.0. The number of rotatable bonds is 4. The van der Waals surface area contributed by atoms with Gasteiger partial charge in [-0.05, 0) is 24.3 Å². The third-order valence-electron chi connectivity index (χ3n) is 2.38. The van der Waals surface area contributed by atoms with Crippen LogP contribution in [0.3, 0.4) is 0 Å². The molecule has 0 atom stereocenters. The molecule has 7 heteroatoms. The summed E-state index contributed by atoms with van der Waals surface area (Å²) in [5.74, 6) is -2.65. The minimum absolute atomic E-state index is 0.0264. The Balaban J connectivity index is 2.37. The Morgan fingerprint density at radius 1 is 1.25 bits per heavy atom. The van der Waals surface area contributed by atoms with E-state index in [0.717, 1.165) is 12.1 Å². The van der Waals surface area contributed by atoms with Gasteiger partial charge in [-0.2, -0.15) is 0 Å². The van der Waals surface area contributed by atoms with Crippen molar-refractivity contribution >= 4 is 11.9 Å². The molecular formula is C13H9FN2O4. The van der Waals surface area contributed by atoms with E-state index in [1.54, 1.807) is 0 Å². The maximum atomic E-state index is 13.0. The molecule has 1 aromatic carbocycles. The monoisotopic (exact) mass is 276 g/mol. The molecular weight excluding hydrogens is 267 g/mol. The quantitative estimate of drug-likeness (QED) is 0.886. The van der Waals surface area contributed by atoms with Gasteiger partial charge in [-0.3, -0.25) is 9.78 Å². The molecule has 0 saturated heterocycles. The Labute approximate surface area is 112 Å². The first-order valence-electron chi connectivity index (χ1n) is 5.44. The highest BCUT2D eigenvalue weighted by Crippen LogP contribution is 2.26. The zero-order valence-electron chi connectivity index (χ0n) is 10.0. The standard InChI is InChI=1S/C13H9FN2O4/c14-7-1-2-11(9(5-7)13(18)19)20-8-3-4-16-10(6-8)12(15)17/h1-6H,(H2,15,17)(H,18,19). The second-order valence-corrected chi connectivity index (χ2v) is 3.79. The van der Waals surface area contributed by atoms with Crippen LogP contribution in [0.1, 0.15) is 20.8 Å². The van der Waals surface area contributed by atoms with Crippen LogP contribution in [0.2, 0.25) is 0 Å². The van der Waals surface area contributed by atoms with Crippen LogP contribution in [0.4, 0.5) is 4.39 Å². The number of carboxylic acid groups (broad SMARTS) is 1. The molecule has 1 amide bonds. The minimum atomic E-state index is -1.33. The van der Waals surface area contributed by atoms with Crippen LogP contribution in [-0.2, 0) is 0 Å². The number of carbonyl (C=O) groups is 2. The number of amides is 1. The van der Waals surface area contributed by atoms with Crippen LogP contribution >= 0.6 is 0 Å². The Hall–Kier alpha value is -2.96. The van der Waals surface area contributed by atoms with Gasteiger partial charge in [0, 0.05) is 12.3 Å². The summed E-state index contributed by atoms with van der Waals surface area (Å²) >= 11 is 0. The third kappa shape index (κ3) is 2.89. The average molecular weight is 276 g/mol. The van der Waals surface area contributed by atoms with Crippen molar-refractivity contribution in [3.05, 3.63) is 53.6 Å². The first-order chi connectivity index (χ1) is 9.47. The zero-order chi connectivity index (χ0) is 14.7. The molecule has 20 heavy (non-hydrogen) atoms. The number of aromatic carboxylic acids is 1. The summed E-state index contributed by atoms with van der Waals surface area (Å²) in [7, 11) is 0. The number of hydrogen-bond donors (Lipinski definition) is 2. The van der Waals surface area contributed by atoms with Crippen molar-refractivity contribution < 1.29 is 23.8 Å². The predicted molar refractivity (Wildman–Crippen MR) is 66.2 cm³/mol. The fourth-order valence-electron chi connectivity index (χ4n) is 1.49. The lowest BCUT2D eigenvalue weighted by atomic mass is 10.2. The van der Waals surface area contributed by atoms with E-state index in [-0.39, 0.29) is 22.8 Å². The second kappa shape index (κ2) is 5.35. The number of carbonyl (C=O) groups excluding carboxylic acids is 1. The molecule has 0 saturated carbocycles. The lowest BCUT2D eigenvalue weighted by Gasteiger charge is -2.09. The Kier molecular flexibility index (Phi) is 3.60. The number of aromatic nitrogens is 1. The zero-order valence-corrected chi connectivity index (χ0v) is 10.0. The van der Waals surface area contributed by atoms with Gasteiger partial charge in [0.1, 0.15) is 28.6 Å². The second-order valence-electron chi connectivity index (χ2n) is 3.79. The summed E-state index contributed by atoms with van der Waals surface area (Å²) in [6.45, 7) is 0. The summed E-state index contributed by atoms with van der Waals surface area (Å²) in [4.78, 5) is 25.7. The highest BCUT2D eigenvalue weighted by molar-refractivity contribution is 5.92. The van der Waals surface area contributed by atoms with Crippen molar-refractivity contribution in [3.8, 4) is 11.5 Å². The number of halogens is 1. The van der Waals surface area contributed by atoms with Crippen molar-refractivity contribution in [2.24, 2.45) is 5.73 Å². The average Bonchev–Trinajstić information content (AvgIpc) is 2.41. The van der Waals surface area contributed by atoms with E-state index < -0.39 is 17.7 Å². The number of nitrogens with two attached hydrogens (primary N) is 1. The van der Waals surface area contributed by atoms with Gasteiger partial charge in [-0.25, -0.2) is 9.18 Å². The number of nitrogens with zero attached hydrogens (tertiary/aromatic N) is 1. The number of benzene rings is 1. The van der Waals surface area contributed by atoms with Crippen molar-refractivity contribution in [1.82, 2.24) is 4.98 Å². The van der Waals surface area contributed by atoms with Gasteiger partial charge in [-0.15, -0.1) is 0 Å². The molecule has 1 aromatic heterocycles. The van der Waals surface area contributed by atoms with Gasteiger partial charge in [-0.1, -0.05) is 0 Å². The van der Waals surface area contributed by atoms with Crippen molar-refractivity contribution in [3.63, 3.8) is 0 Å². The molecule has 6 nitrogen and oxygen atoms in total. The minimum Gasteiger partial charge on any atom is -0.478 e. The number of carboxylic acids is 1. The lowest BCUT2D eigenvalue weighted by molar-refractivity contribution is 0.0693. The highest BCUT2D eigenvalue weighted by atomic mass is 19.1. The maximum Gasteiger partial charge on any atom is 0.339 e. The fraction of sp³-hybridized carbons (Fsp3) is 0. The number of primary amides is 1. The van der Waals surface area contributed by atoms with Crippen LogP contribution in [0.15, 0.2) is 36.5 Å². The molecule has 2 rings (SSSR count). The highest BCUT2D eigenvalue weighted by Gasteiger charge is 2.14. The predicted octanol–water partition coefficient (Wildman–Crippen LogP) is 1.81. The molecule has 0 aliphatic carbocycles. The van der Waals surface area contributed by atoms with E-state index in [1.807, 2.05) is 0 Å². The molecule has 102 valence electrons. The van der Waals surface area contributed by atoms with Gasteiger partial charge in [0.25, 0.3) is 5.91 Å². The number of ether oxygens (including phenoxy) is 1. The third-order valence-corrected chi connectivity index (χ3v) is 2.38. The molecule has 0 aliphatic heterocycles. The van der Waals surface area contributed by atoms with E-state index in [0.29, 0.717) is 0 Å².